The number of hydrogen-bond acceptors (Lipinski definition) is 2. The van der Waals surface area contributed by atoms with E-state index in [1.54, 1.807) is 4.72 Å². The summed E-state index contributed by atoms with van der Waals surface area (Å²) in [6.45, 7) is -0.0494. The topological polar surface area (TPSA) is 46.2 Å². The molecule has 0 spiro atoms. The smallest absolute Gasteiger partial charge is 0.207 e. The Kier molecular flexibility index (Phi) is 3.13. The molecular formula is C12H18F3NO2S. The zero-order valence-corrected chi connectivity index (χ0v) is 11.3. The van der Waals surface area contributed by atoms with Crippen LogP contribution in [0.15, 0.2) is 0 Å². The molecule has 3 fully saturated rings. The first-order valence-corrected chi connectivity index (χ1v) is 8.34. The fourth-order valence-electron chi connectivity index (χ4n) is 4.75. The van der Waals surface area contributed by atoms with Crippen LogP contribution in [0.2, 0.25) is 0 Å². The van der Waals surface area contributed by atoms with Gasteiger partial charge in [0.25, 0.3) is 0 Å². The fraction of sp³-hybridized carbons (Fsp3) is 1.00. The van der Waals surface area contributed by atoms with Crippen LogP contribution < -0.4 is 4.72 Å². The van der Waals surface area contributed by atoms with Crippen molar-refractivity contribution in [3.05, 3.63) is 0 Å². The van der Waals surface area contributed by atoms with Crippen molar-refractivity contribution in [1.82, 2.24) is 4.72 Å². The summed E-state index contributed by atoms with van der Waals surface area (Å²) in [7, 11) is -5.18. The first kappa shape index (κ1) is 13.7. The molecule has 0 aliphatic heterocycles. The summed E-state index contributed by atoms with van der Waals surface area (Å²) in [6.07, 6.45) is 5.56. The average Bonchev–Trinajstić information content (AvgIpc) is 2.98. The van der Waals surface area contributed by atoms with Gasteiger partial charge in [0.2, 0.25) is 0 Å². The molecule has 1 N–H and O–H groups in total. The van der Waals surface area contributed by atoms with Crippen LogP contribution in [0.25, 0.3) is 0 Å². The van der Waals surface area contributed by atoms with Gasteiger partial charge in [-0.2, -0.15) is 13.2 Å². The van der Waals surface area contributed by atoms with Crippen LogP contribution in [0.5, 0.6) is 0 Å². The Balaban J connectivity index is 1.63. The lowest BCUT2D eigenvalue weighted by Crippen LogP contribution is -2.40. The zero-order valence-electron chi connectivity index (χ0n) is 10.5. The highest BCUT2D eigenvalue weighted by Gasteiger charge is 2.54. The first-order valence-electron chi connectivity index (χ1n) is 6.85. The molecule has 3 aliphatic rings. The van der Waals surface area contributed by atoms with E-state index in [4.69, 9.17) is 0 Å². The van der Waals surface area contributed by atoms with E-state index >= 15 is 0 Å². The van der Waals surface area contributed by atoms with Gasteiger partial charge < -0.3 is 0 Å². The molecule has 2 bridgehead atoms. The molecule has 5 atom stereocenters. The van der Waals surface area contributed by atoms with Crippen LogP contribution in [0.1, 0.15) is 32.1 Å². The highest BCUT2D eigenvalue weighted by molar-refractivity contribution is 7.90. The van der Waals surface area contributed by atoms with Crippen molar-refractivity contribution in [3.63, 3.8) is 0 Å². The van der Waals surface area contributed by atoms with Crippen molar-refractivity contribution in [1.29, 1.82) is 0 Å². The van der Waals surface area contributed by atoms with Gasteiger partial charge in [0.1, 0.15) is 0 Å². The van der Waals surface area contributed by atoms with Gasteiger partial charge in [-0.15, -0.1) is 0 Å². The van der Waals surface area contributed by atoms with Crippen molar-refractivity contribution in [2.75, 3.05) is 6.54 Å². The maximum Gasteiger partial charge on any atom is 0.511 e. The summed E-state index contributed by atoms with van der Waals surface area (Å²) in [6, 6.07) is 0. The Morgan fingerprint density at radius 2 is 1.74 bits per heavy atom. The first-order chi connectivity index (χ1) is 8.79. The number of nitrogens with one attached hydrogen (secondary N) is 1. The Morgan fingerprint density at radius 3 is 2.42 bits per heavy atom. The van der Waals surface area contributed by atoms with E-state index in [1.165, 1.54) is 19.3 Å². The van der Waals surface area contributed by atoms with E-state index in [2.05, 4.69) is 0 Å². The van der Waals surface area contributed by atoms with Crippen LogP contribution >= 0.6 is 0 Å². The average molecular weight is 297 g/mol. The molecule has 3 aliphatic carbocycles. The highest BCUT2D eigenvalue weighted by Crippen LogP contribution is 2.60. The summed E-state index contributed by atoms with van der Waals surface area (Å²) < 4.78 is 60.6. The Labute approximate surface area is 111 Å². The minimum Gasteiger partial charge on any atom is -0.207 e. The van der Waals surface area contributed by atoms with E-state index in [-0.39, 0.29) is 12.5 Å². The Morgan fingerprint density at radius 1 is 1.05 bits per heavy atom. The van der Waals surface area contributed by atoms with Gasteiger partial charge in [0.15, 0.2) is 0 Å². The van der Waals surface area contributed by atoms with E-state index < -0.39 is 15.5 Å². The molecule has 0 heterocycles. The Hall–Kier alpha value is -0.300. The largest absolute Gasteiger partial charge is 0.511 e. The third-order valence-corrected chi connectivity index (χ3v) is 6.57. The monoisotopic (exact) mass is 297 g/mol. The van der Waals surface area contributed by atoms with Gasteiger partial charge in [-0.05, 0) is 61.7 Å². The SMILES string of the molecule is O=S(=O)(NCC1CCC2C3CCC(C3)C12)C(F)(F)F. The van der Waals surface area contributed by atoms with Crippen molar-refractivity contribution in [3.8, 4) is 0 Å². The lowest BCUT2D eigenvalue weighted by Gasteiger charge is -2.29. The molecule has 0 amide bonds. The maximum atomic E-state index is 12.3. The van der Waals surface area contributed by atoms with Gasteiger partial charge >= 0.3 is 15.5 Å². The van der Waals surface area contributed by atoms with Gasteiger partial charge in [-0.1, -0.05) is 0 Å². The molecular weight excluding hydrogens is 279 g/mol. The minimum absolute atomic E-state index is 0.0494. The molecule has 19 heavy (non-hydrogen) atoms. The second kappa shape index (κ2) is 4.35. The maximum absolute atomic E-state index is 12.3. The fourth-order valence-corrected chi connectivity index (χ4v) is 5.35. The number of halogens is 3. The van der Waals surface area contributed by atoms with Crippen molar-refractivity contribution < 1.29 is 21.6 Å². The summed E-state index contributed by atoms with van der Waals surface area (Å²) >= 11 is 0. The molecule has 3 rings (SSSR count). The van der Waals surface area contributed by atoms with E-state index in [1.807, 2.05) is 0 Å². The van der Waals surface area contributed by atoms with Crippen LogP contribution in [0.3, 0.4) is 0 Å². The molecule has 5 unspecified atom stereocenters. The number of alkyl halides is 3. The predicted octanol–water partition coefficient (Wildman–Crippen LogP) is 2.50. The molecule has 0 aromatic heterocycles. The molecule has 3 nitrogen and oxygen atoms in total. The summed E-state index contributed by atoms with van der Waals surface area (Å²) in [5.41, 5.74) is -5.19. The number of hydrogen-bond donors (Lipinski definition) is 1. The zero-order chi connectivity index (χ0) is 13.8. The lowest BCUT2D eigenvalue weighted by atomic mass is 9.78. The van der Waals surface area contributed by atoms with Gasteiger partial charge in [0, 0.05) is 6.54 Å². The lowest BCUT2D eigenvalue weighted by molar-refractivity contribution is -0.0449. The number of rotatable bonds is 3. The van der Waals surface area contributed by atoms with Crippen molar-refractivity contribution in [2.45, 2.75) is 37.6 Å². The molecule has 3 saturated carbocycles. The van der Waals surface area contributed by atoms with Crippen LogP contribution in [0.4, 0.5) is 13.2 Å². The van der Waals surface area contributed by atoms with E-state index in [0.717, 1.165) is 18.8 Å². The van der Waals surface area contributed by atoms with Crippen molar-refractivity contribution in [2.24, 2.45) is 29.6 Å². The van der Waals surface area contributed by atoms with Gasteiger partial charge in [0.05, 0.1) is 0 Å². The number of sulfonamides is 1. The normalized spacial score (nSPS) is 41.7. The highest BCUT2D eigenvalue weighted by atomic mass is 32.2. The third-order valence-electron chi connectivity index (χ3n) is 5.41. The molecule has 110 valence electrons. The van der Waals surface area contributed by atoms with Crippen LogP contribution in [-0.2, 0) is 10.0 Å². The molecule has 0 aromatic rings. The van der Waals surface area contributed by atoms with Crippen LogP contribution in [0, 0.1) is 29.6 Å². The van der Waals surface area contributed by atoms with Crippen LogP contribution in [-0.4, -0.2) is 20.5 Å². The van der Waals surface area contributed by atoms with E-state index in [0.29, 0.717) is 17.8 Å². The quantitative estimate of drug-likeness (QED) is 0.870. The van der Waals surface area contributed by atoms with Crippen molar-refractivity contribution >= 4 is 10.0 Å². The van der Waals surface area contributed by atoms with Gasteiger partial charge in [-0.3, -0.25) is 0 Å². The minimum atomic E-state index is -5.19. The second-order valence-electron chi connectivity index (χ2n) is 6.21. The standard InChI is InChI=1S/C12H18F3NO2S/c13-12(14,15)19(17,18)16-6-9-3-4-10-7-1-2-8(5-7)11(9)10/h7-11,16H,1-6H2. The van der Waals surface area contributed by atoms with Gasteiger partial charge in [-0.25, -0.2) is 13.1 Å². The predicted molar refractivity (Wildman–Crippen MR) is 63.5 cm³/mol. The molecule has 0 aromatic carbocycles. The summed E-state index contributed by atoms with van der Waals surface area (Å²) in [5.74, 6) is 2.56. The third kappa shape index (κ3) is 2.18. The summed E-state index contributed by atoms with van der Waals surface area (Å²) in [5, 5.41) is 0. The van der Waals surface area contributed by atoms with E-state index in [9.17, 15) is 21.6 Å². The molecule has 0 radical (unpaired) electrons. The molecule has 0 saturated heterocycles. The Bertz CT molecular complexity index is 462. The number of fused-ring (bicyclic) bond motifs is 5. The molecule has 7 heteroatoms. The summed E-state index contributed by atoms with van der Waals surface area (Å²) in [4.78, 5) is 0. The second-order valence-corrected chi connectivity index (χ2v) is 7.97.